The SMILES string of the molecule is CC(C)(C)c1ccc(C(N)C2(C(=O)O)CC2)cc1. The van der Waals surface area contributed by atoms with Crippen molar-refractivity contribution in [3.63, 3.8) is 0 Å². The molecule has 0 heterocycles. The van der Waals surface area contributed by atoms with Crippen LogP contribution in [0, 0.1) is 5.41 Å². The highest BCUT2D eigenvalue weighted by molar-refractivity contribution is 5.79. The number of hydrogen-bond donors (Lipinski definition) is 2. The van der Waals surface area contributed by atoms with Crippen LogP contribution in [0.2, 0.25) is 0 Å². The van der Waals surface area contributed by atoms with Crippen LogP contribution in [0.5, 0.6) is 0 Å². The summed E-state index contributed by atoms with van der Waals surface area (Å²) in [5, 5.41) is 9.24. The lowest BCUT2D eigenvalue weighted by Crippen LogP contribution is -2.29. The first kappa shape index (κ1) is 13.1. The summed E-state index contributed by atoms with van der Waals surface area (Å²) in [6.07, 6.45) is 1.37. The van der Waals surface area contributed by atoms with Crippen LogP contribution in [0.3, 0.4) is 0 Å². The number of nitrogens with two attached hydrogens (primary N) is 1. The first-order chi connectivity index (χ1) is 8.27. The third kappa shape index (κ3) is 2.15. The number of rotatable bonds is 3. The lowest BCUT2D eigenvalue weighted by atomic mass is 9.84. The van der Waals surface area contributed by atoms with Crippen LogP contribution in [0.4, 0.5) is 0 Å². The van der Waals surface area contributed by atoms with E-state index in [0.29, 0.717) is 12.8 Å². The van der Waals surface area contributed by atoms with Gasteiger partial charge in [0.1, 0.15) is 0 Å². The van der Waals surface area contributed by atoms with Crippen LogP contribution in [-0.2, 0) is 10.2 Å². The van der Waals surface area contributed by atoms with E-state index in [2.05, 4.69) is 20.8 Å². The van der Waals surface area contributed by atoms with Gasteiger partial charge >= 0.3 is 5.97 Å². The van der Waals surface area contributed by atoms with Crippen molar-refractivity contribution in [1.29, 1.82) is 0 Å². The maximum Gasteiger partial charge on any atom is 0.311 e. The molecular weight excluding hydrogens is 226 g/mol. The van der Waals surface area contributed by atoms with E-state index < -0.39 is 17.4 Å². The Morgan fingerprint density at radius 1 is 1.28 bits per heavy atom. The van der Waals surface area contributed by atoms with Crippen LogP contribution >= 0.6 is 0 Å². The Kier molecular flexibility index (Phi) is 2.98. The normalized spacial score (nSPS) is 19.3. The molecule has 1 atom stereocenters. The van der Waals surface area contributed by atoms with Gasteiger partial charge in [-0.05, 0) is 29.4 Å². The molecule has 1 aliphatic rings. The Hall–Kier alpha value is -1.35. The lowest BCUT2D eigenvalue weighted by Gasteiger charge is -2.22. The summed E-state index contributed by atoms with van der Waals surface area (Å²) in [4.78, 5) is 11.2. The van der Waals surface area contributed by atoms with Gasteiger partial charge in [-0.25, -0.2) is 0 Å². The molecule has 0 bridgehead atoms. The fourth-order valence-electron chi connectivity index (χ4n) is 2.30. The van der Waals surface area contributed by atoms with Gasteiger partial charge in [0.15, 0.2) is 0 Å². The zero-order valence-electron chi connectivity index (χ0n) is 11.2. The number of aliphatic carboxylic acids is 1. The minimum atomic E-state index is -0.769. The monoisotopic (exact) mass is 247 g/mol. The molecule has 0 aliphatic heterocycles. The van der Waals surface area contributed by atoms with Crippen LogP contribution < -0.4 is 5.73 Å². The quantitative estimate of drug-likeness (QED) is 0.863. The Bertz CT molecular complexity index is 452. The average molecular weight is 247 g/mol. The van der Waals surface area contributed by atoms with Crippen molar-refractivity contribution in [2.45, 2.75) is 45.1 Å². The standard InChI is InChI=1S/C15H21NO2/c1-14(2,3)11-6-4-10(5-7-11)12(16)15(8-9-15)13(17)18/h4-7,12H,8-9,16H2,1-3H3,(H,17,18). The average Bonchev–Trinajstić information content (AvgIpc) is 3.08. The maximum atomic E-state index is 11.2. The molecular formula is C15H21NO2. The van der Waals surface area contributed by atoms with Gasteiger partial charge in [0.05, 0.1) is 5.41 Å². The van der Waals surface area contributed by atoms with Gasteiger partial charge in [-0.15, -0.1) is 0 Å². The van der Waals surface area contributed by atoms with Gasteiger partial charge in [0.25, 0.3) is 0 Å². The summed E-state index contributed by atoms with van der Waals surface area (Å²) in [5.74, 6) is -0.769. The zero-order chi connectivity index (χ0) is 13.6. The molecule has 98 valence electrons. The van der Waals surface area contributed by atoms with Gasteiger partial charge < -0.3 is 10.8 Å². The molecule has 2 rings (SSSR count). The molecule has 3 N–H and O–H groups in total. The fourth-order valence-corrected chi connectivity index (χ4v) is 2.30. The summed E-state index contributed by atoms with van der Waals surface area (Å²) >= 11 is 0. The van der Waals surface area contributed by atoms with Crippen LogP contribution in [0.1, 0.15) is 50.8 Å². The molecule has 0 amide bonds. The van der Waals surface area contributed by atoms with E-state index in [1.807, 2.05) is 24.3 Å². The first-order valence-electron chi connectivity index (χ1n) is 6.37. The van der Waals surface area contributed by atoms with Crippen molar-refractivity contribution in [3.05, 3.63) is 35.4 Å². The van der Waals surface area contributed by atoms with Crippen molar-refractivity contribution in [2.24, 2.45) is 11.1 Å². The summed E-state index contributed by atoms with van der Waals surface area (Å²) in [7, 11) is 0. The number of benzene rings is 1. The summed E-state index contributed by atoms with van der Waals surface area (Å²) in [6, 6.07) is 7.63. The Labute approximate surface area is 108 Å². The number of carboxylic acids is 1. The van der Waals surface area contributed by atoms with Crippen LogP contribution in [-0.4, -0.2) is 11.1 Å². The summed E-state index contributed by atoms with van der Waals surface area (Å²) in [5.41, 5.74) is 7.65. The van der Waals surface area contributed by atoms with E-state index in [9.17, 15) is 9.90 Å². The Balaban J connectivity index is 2.23. The van der Waals surface area contributed by atoms with Gasteiger partial charge in [-0.2, -0.15) is 0 Å². The van der Waals surface area contributed by atoms with E-state index in [4.69, 9.17) is 5.73 Å². The highest BCUT2D eigenvalue weighted by atomic mass is 16.4. The molecule has 1 unspecified atom stereocenters. The largest absolute Gasteiger partial charge is 0.481 e. The third-order valence-electron chi connectivity index (χ3n) is 3.95. The summed E-state index contributed by atoms with van der Waals surface area (Å²) in [6.45, 7) is 6.46. The second kappa shape index (κ2) is 4.09. The summed E-state index contributed by atoms with van der Waals surface area (Å²) < 4.78 is 0. The third-order valence-corrected chi connectivity index (χ3v) is 3.95. The lowest BCUT2D eigenvalue weighted by molar-refractivity contribution is -0.144. The van der Waals surface area contributed by atoms with Crippen LogP contribution in [0.15, 0.2) is 24.3 Å². The highest BCUT2D eigenvalue weighted by Gasteiger charge is 2.55. The smallest absolute Gasteiger partial charge is 0.311 e. The van der Waals surface area contributed by atoms with Gasteiger partial charge in [0.2, 0.25) is 0 Å². The van der Waals surface area contributed by atoms with E-state index in [0.717, 1.165) is 5.56 Å². The Morgan fingerprint density at radius 2 is 1.78 bits per heavy atom. The maximum absolute atomic E-state index is 11.2. The predicted molar refractivity (Wildman–Crippen MR) is 71.4 cm³/mol. The molecule has 1 aromatic carbocycles. The molecule has 3 nitrogen and oxygen atoms in total. The second-order valence-corrected chi connectivity index (χ2v) is 6.31. The molecule has 1 aromatic rings. The molecule has 1 fully saturated rings. The van der Waals surface area contributed by atoms with Gasteiger partial charge in [-0.1, -0.05) is 45.0 Å². The number of hydrogen-bond acceptors (Lipinski definition) is 2. The molecule has 1 saturated carbocycles. The first-order valence-corrected chi connectivity index (χ1v) is 6.37. The van der Waals surface area contributed by atoms with Gasteiger partial charge in [-0.3, -0.25) is 4.79 Å². The van der Waals surface area contributed by atoms with Crippen molar-refractivity contribution >= 4 is 5.97 Å². The van der Waals surface area contributed by atoms with E-state index in [1.165, 1.54) is 5.56 Å². The van der Waals surface area contributed by atoms with Crippen molar-refractivity contribution in [3.8, 4) is 0 Å². The minimum absolute atomic E-state index is 0.104. The van der Waals surface area contributed by atoms with Crippen molar-refractivity contribution in [2.75, 3.05) is 0 Å². The number of carboxylic acid groups (broad SMARTS) is 1. The van der Waals surface area contributed by atoms with E-state index in [-0.39, 0.29) is 5.41 Å². The topological polar surface area (TPSA) is 63.3 Å². The van der Waals surface area contributed by atoms with Crippen molar-refractivity contribution < 1.29 is 9.90 Å². The van der Waals surface area contributed by atoms with Crippen molar-refractivity contribution in [1.82, 2.24) is 0 Å². The Morgan fingerprint density at radius 3 is 2.11 bits per heavy atom. The minimum Gasteiger partial charge on any atom is -0.481 e. The molecule has 3 heteroatoms. The molecule has 18 heavy (non-hydrogen) atoms. The van der Waals surface area contributed by atoms with E-state index >= 15 is 0 Å². The van der Waals surface area contributed by atoms with Gasteiger partial charge in [0, 0.05) is 6.04 Å². The van der Waals surface area contributed by atoms with E-state index in [1.54, 1.807) is 0 Å². The fraction of sp³-hybridized carbons (Fsp3) is 0.533. The molecule has 1 aliphatic carbocycles. The molecule has 0 radical (unpaired) electrons. The molecule has 0 saturated heterocycles. The highest BCUT2D eigenvalue weighted by Crippen LogP contribution is 2.54. The van der Waals surface area contributed by atoms with Crippen LogP contribution in [0.25, 0.3) is 0 Å². The number of carbonyl (C=O) groups is 1. The predicted octanol–water partition coefficient (Wildman–Crippen LogP) is 2.85. The molecule has 0 aromatic heterocycles. The zero-order valence-corrected chi connectivity index (χ0v) is 11.2. The second-order valence-electron chi connectivity index (χ2n) is 6.31. The molecule has 0 spiro atoms.